The van der Waals surface area contributed by atoms with Crippen LogP contribution in [0.25, 0.3) is 0 Å². The third kappa shape index (κ3) is 7.32. The van der Waals surface area contributed by atoms with Gasteiger partial charge in [-0.1, -0.05) is 31.2 Å². The Morgan fingerprint density at radius 1 is 1.07 bits per heavy atom. The second-order valence-electron chi connectivity index (χ2n) is 6.86. The Bertz CT molecular complexity index is 878. The zero-order valence-electron chi connectivity index (χ0n) is 16.6. The van der Waals surface area contributed by atoms with Gasteiger partial charge in [-0.05, 0) is 55.7 Å². The zero-order chi connectivity index (χ0) is 20.6. The number of hydrogen-bond donors (Lipinski definition) is 2. The number of amides is 1. The lowest BCUT2D eigenvalue weighted by atomic mass is 10.1. The summed E-state index contributed by atoms with van der Waals surface area (Å²) in [5.41, 5.74) is 2.96. The Morgan fingerprint density at radius 2 is 1.75 bits per heavy atom. The van der Waals surface area contributed by atoms with Gasteiger partial charge in [0.25, 0.3) is 5.91 Å². The molecule has 0 aliphatic carbocycles. The first-order chi connectivity index (χ1) is 13.3. The van der Waals surface area contributed by atoms with Crippen LogP contribution in [0.1, 0.15) is 48.7 Å². The highest BCUT2D eigenvalue weighted by molar-refractivity contribution is 7.92. The van der Waals surface area contributed by atoms with Gasteiger partial charge < -0.3 is 10.1 Å². The van der Waals surface area contributed by atoms with Gasteiger partial charge in [0.1, 0.15) is 0 Å². The fourth-order valence-corrected chi connectivity index (χ4v) is 3.70. The van der Waals surface area contributed by atoms with Gasteiger partial charge >= 0.3 is 0 Å². The summed E-state index contributed by atoms with van der Waals surface area (Å²) in [6, 6.07) is 14.3. The van der Waals surface area contributed by atoms with Gasteiger partial charge in [0.05, 0.1) is 18.5 Å². The van der Waals surface area contributed by atoms with Crippen molar-refractivity contribution in [3.05, 3.63) is 65.2 Å². The van der Waals surface area contributed by atoms with E-state index in [0.717, 1.165) is 11.1 Å². The number of benzene rings is 2. The Balaban J connectivity index is 1.92. The molecule has 7 heteroatoms. The predicted molar refractivity (Wildman–Crippen MR) is 112 cm³/mol. The number of hydrogen-bond acceptors (Lipinski definition) is 4. The van der Waals surface area contributed by atoms with Crippen molar-refractivity contribution >= 4 is 21.6 Å². The minimum absolute atomic E-state index is 0.0660. The van der Waals surface area contributed by atoms with Crippen molar-refractivity contribution in [2.45, 2.75) is 46.4 Å². The topological polar surface area (TPSA) is 84.5 Å². The molecule has 28 heavy (non-hydrogen) atoms. The highest BCUT2D eigenvalue weighted by atomic mass is 32.2. The lowest BCUT2D eigenvalue weighted by Crippen LogP contribution is -2.23. The first kappa shape index (κ1) is 21.9. The molecule has 2 aromatic rings. The van der Waals surface area contributed by atoms with Gasteiger partial charge in [-0.15, -0.1) is 0 Å². The Labute approximate surface area is 167 Å². The molecule has 0 heterocycles. The molecular weight excluding hydrogens is 376 g/mol. The number of nitrogens with one attached hydrogen (secondary N) is 2. The van der Waals surface area contributed by atoms with Crippen LogP contribution in [0.2, 0.25) is 0 Å². The third-order valence-electron chi connectivity index (χ3n) is 3.92. The normalized spacial score (nSPS) is 11.4. The number of ether oxygens (including phenoxy) is 1. The van der Waals surface area contributed by atoms with Crippen LogP contribution in [-0.4, -0.2) is 26.2 Å². The van der Waals surface area contributed by atoms with Crippen molar-refractivity contribution in [1.29, 1.82) is 0 Å². The zero-order valence-corrected chi connectivity index (χ0v) is 17.4. The number of carbonyl (C=O) groups is 1. The fraction of sp³-hybridized carbons (Fsp3) is 0.381. The summed E-state index contributed by atoms with van der Waals surface area (Å²) < 4.78 is 31.7. The lowest BCUT2D eigenvalue weighted by Gasteiger charge is -2.10. The van der Waals surface area contributed by atoms with Crippen molar-refractivity contribution in [2.24, 2.45) is 0 Å². The predicted octanol–water partition coefficient (Wildman–Crippen LogP) is 3.69. The minimum Gasteiger partial charge on any atom is -0.374 e. The molecule has 0 aliphatic heterocycles. The lowest BCUT2D eigenvalue weighted by molar-refractivity contribution is 0.0657. The Kier molecular flexibility index (Phi) is 8.02. The minimum atomic E-state index is -3.34. The van der Waals surface area contributed by atoms with Crippen molar-refractivity contribution in [2.75, 3.05) is 10.5 Å². The second-order valence-corrected chi connectivity index (χ2v) is 8.70. The van der Waals surface area contributed by atoms with E-state index in [4.69, 9.17) is 4.74 Å². The quantitative estimate of drug-likeness (QED) is 0.632. The van der Waals surface area contributed by atoms with Gasteiger partial charge in [-0.25, -0.2) is 8.42 Å². The van der Waals surface area contributed by atoms with Gasteiger partial charge in [0, 0.05) is 17.8 Å². The number of carbonyl (C=O) groups excluding carboxylic acids is 1. The summed E-state index contributed by atoms with van der Waals surface area (Å²) in [6.45, 7) is 6.72. The van der Waals surface area contributed by atoms with E-state index in [1.807, 2.05) is 38.1 Å². The highest BCUT2D eigenvalue weighted by Crippen LogP contribution is 2.13. The van der Waals surface area contributed by atoms with Gasteiger partial charge in [-0.3, -0.25) is 9.52 Å². The maximum Gasteiger partial charge on any atom is 0.251 e. The summed E-state index contributed by atoms with van der Waals surface area (Å²) in [6.07, 6.45) is 0.707. The van der Waals surface area contributed by atoms with Crippen molar-refractivity contribution < 1.29 is 17.9 Å². The number of rotatable bonds is 10. The molecular formula is C21H28N2O4S. The summed E-state index contributed by atoms with van der Waals surface area (Å²) in [5.74, 6) is -0.150. The van der Waals surface area contributed by atoms with Crippen LogP contribution in [0.4, 0.5) is 5.69 Å². The van der Waals surface area contributed by atoms with Crippen LogP contribution < -0.4 is 10.0 Å². The molecule has 0 saturated heterocycles. The molecule has 0 unspecified atom stereocenters. The third-order valence-corrected chi connectivity index (χ3v) is 5.41. The standard InChI is InChI=1S/C21H28N2O4S/c1-4-12-28(25,26)23-20-10-8-19(9-11-20)21(24)22-14-17-6-5-7-18(13-17)15-27-16(2)3/h5-11,13,16,23H,4,12,14-15H2,1-3H3,(H,22,24). The molecule has 0 aromatic heterocycles. The molecule has 2 N–H and O–H groups in total. The maximum atomic E-state index is 12.3. The summed E-state index contributed by atoms with van der Waals surface area (Å²) in [5, 5.41) is 2.88. The molecule has 1 amide bonds. The van der Waals surface area contributed by atoms with Crippen LogP contribution in [0.3, 0.4) is 0 Å². The smallest absolute Gasteiger partial charge is 0.251 e. The van der Waals surface area contributed by atoms with Gasteiger partial charge in [0.2, 0.25) is 10.0 Å². The SMILES string of the molecule is CCCS(=O)(=O)Nc1ccc(C(=O)NCc2cccc(COC(C)C)c2)cc1. The molecule has 0 bridgehead atoms. The van der Waals surface area contributed by atoms with Crippen LogP contribution in [0.5, 0.6) is 0 Å². The monoisotopic (exact) mass is 404 g/mol. The van der Waals surface area contributed by atoms with Gasteiger partial charge in [0.15, 0.2) is 0 Å². The Morgan fingerprint density at radius 3 is 2.39 bits per heavy atom. The second kappa shape index (κ2) is 10.2. The molecule has 0 radical (unpaired) electrons. The van der Waals surface area contributed by atoms with E-state index in [9.17, 15) is 13.2 Å². The first-order valence-corrected chi connectivity index (χ1v) is 11.0. The van der Waals surface area contributed by atoms with Crippen molar-refractivity contribution in [1.82, 2.24) is 5.32 Å². The van der Waals surface area contributed by atoms with Gasteiger partial charge in [-0.2, -0.15) is 0 Å². The van der Waals surface area contributed by atoms with E-state index in [1.54, 1.807) is 31.2 Å². The van der Waals surface area contributed by atoms with Crippen LogP contribution in [0.15, 0.2) is 48.5 Å². The molecule has 0 atom stereocenters. The maximum absolute atomic E-state index is 12.3. The fourth-order valence-electron chi connectivity index (χ4n) is 2.57. The molecule has 6 nitrogen and oxygen atoms in total. The molecule has 0 spiro atoms. The van der Waals surface area contributed by atoms with E-state index < -0.39 is 10.0 Å². The van der Waals surface area contributed by atoms with Crippen LogP contribution in [-0.2, 0) is 27.9 Å². The average Bonchev–Trinajstić information content (AvgIpc) is 2.65. The number of sulfonamides is 1. The van der Waals surface area contributed by atoms with E-state index in [0.29, 0.717) is 30.8 Å². The van der Waals surface area contributed by atoms with Crippen molar-refractivity contribution in [3.63, 3.8) is 0 Å². The molecule has 152 valence electrons. The molecule has 0 saturated carbocycles. The molecule has 0 aliphatic rings. The summed E-state index contributed by atoms with van der Waals surface area (Å²) in [7, 11) is -3.34. The molecule has 2 rings (SSSR count). The summed E-state index contributed by atoms with van der Waals surface area (Å²) >= 11 is 0. The first-order valence-electron chi connectivity index (χ1n) is 9.37. The van der Waals surface area contributed by atoms with Crippen LogP contribution >= 0.6 is 0 Å². The number of anilines is 1. The van der Waals surface area contributed by atoms with Crippen molar-refractivity contribution in [3.8, 4) is 0 Å². The van der Waals surface area contributed by atoms with E-state index in [2.05, 4.69) is 10.0 Å². The van der Waals surface area contributed by atoms with E-state index in [-0.39, 0.29) is 17.8 Å². The largest absolute Gasteiger partial charge is 0.374 e. The van der Waals surface area contributed by atoms with E-state index in [1.165, 1.54) is 0 Å². The average molecular weight is 405 g/mol. The molecule has 0 fully saturated rings. The summed E-state index contributed by atoms with van der Waals surface area (Å²) in [4.78, 5) is 12.3. The van der Waals surface area contributed by atoms with E-state index >= 15 is 0 Å². The highest BCUT2D eigenvalue weighted by Gasteiger charge is 2.10. The van der Waals surface area contributed by atoms with Crippen LogP contribution in [0, 0.1) is 0 Å². The Hall–Kier alpha value is -2.38. The molecule has 2 aromatic carbocycles.